The van der Waals surface area contributed by atoms with Crippen molar-refractivity contribution in [2.24, 2.45) is 16.9 Å². The largest absolute Gasteiger partial charge is 0.274 e. The predicted molar refractivity (Wildman–Crippen MR) is 150 cm³/mol. The Balaban J connectivity index is 1.38. The van der Waals surface area contributed by atoms with Gasteiger partial charge >= 0.3 is 0 Å². The molecule has 9 heteroatoms. The molecule has 9 nitrogen and oxygen atoms in total. The Kier molecular flexibility index (Phi) is 5.43. The van der Waals surface area contributed by atoms with Crippen molar-refractivity contribution in [2.45, 2.75) is 11.3 Å². The van der Waals surface area contributed by atoms with Crippen molar-refractivity contribution < 1.29 is 19.3 Å². The molecule has 0 spiro atoms. The molecule has 0 radical (unpaired) electrons. The molecule has 0 saturated carbocycles. The Morgan fingerprint density at radius 2 is 1.49 bits per heavy atom. The molecular weight excluding hydrogens is 520 g/mol. The average molecular weight is 543 g/mol. The van der Waals surface area contributed by atoms with E-state index in [9.17, 15) is 24.5 Å². The molecule has 2 bridgehead atoms. The molecule has 1 aliphatic heterocycles. The van der Waals surface area contributed by atoms with Gasteiger partial charge in [-0.25, -0.2) is 10.3 Å². The summed E-state index contributed by atoms with van der Waals surface area (Å²) in [5, 5.41) is 15.5. The number of rotatable bonds is 5. The van der Waals surface area contributed by atoms with Crippen LogP contribution in [0.15, 0.2) is 108 Å². The van der Waals surface area contributed by atoms with Gasteiger partial charge in [-0.1, -0.05) is 72.8 Å². The number of benzene rings is 4. The minimum atomic E-state index is -1.14. The van der Waals surface area contributed by atoms with E-state index in [0.29, 0.717) is 5.69 Å². The van der Waals surface area contributed by atoms with E-state index in [1.807, 2.05) is 54.6 Å². The third-order valence-corrected chi connectivity index (χ3v) is 8.45. The average Bonchev–Trinajstić information content (AvgIpc) is 3.28. The number of carbonyl (C=O) groups is 3. The van der Waals surface area contributed by atoms with E-state index in [1.54, 1.807) is 30.5 Å². The van der Waals surface area contributed by atoms with Crippen LogP contribution in [0.25, 0.3) is 0 Å². The second-order valence-corrected chi connectivity index (χ2v) is 10.4. The maximum absolute atomic E-state index is 14.3. The quantitative estimate of drug-likeness (QED) is 0.171. The summed E-state index contributed by atoms with van der Waals surface area (Å²) in [5.41, 5.74) is 5.32. The zero-order valence-corrected chi connectivity index (χ0v) is 21.5. The highest BCUT2D eigenvalue weighted by Gasteiger charge is 2.68. The first-order valence-electron chi connectivity index (χ1n) is 13.1. The summed E-state index contributed by atoms with van der Waals surface area (Å²) in [6.07, 6.45) is 1.56. The monoisotopic (exact) mass is 542 g/mol. The molecule has 200 valence electrons. The predicted octanol–water partition coefficient (Wildman–Crippen LogP) is 4.56. The number of hydrogen-bond acceptors (Lipinski definition) is 6. The van der Waals surface area contributed by atoms with Gasteiger partial charge in [0.15, 0.2) is 0 Å². The van der Waals surface area contributed by atoms with E-state index < -0.39 is 28.1 Å². The third kappa shape index (κ3) is 3.42. The number of carbonyl (C=O) groups excluding carboxylic acids is 3. The number of para-hydroxylation sites is 1. The normalized spacial score (nSPS) is 23.7. The molecule has 1 N–H and O–H groups in total. The Bertz CT molecular complexity index is 1750. The van der Waals surface area contributed by atoms with Crippen LogP contribution in [-0.2, 0) is 15.0 Å². The highest BCUT2D eigenvalue weighted by Crippen LogP contribution is 2.63. The first-order chi connectivity index (χ1) is 19.9. The minimum absolute atomic E-state index is 0.0715. The summed E-state index contributed by atoms with van der Waals surface area (Å²) < 4.78 is 0. The molecule has 0 unspecified atom stereocenters. The van der Waals surface area contributed by atoms with Gasteiger partial charge in [0.25, 0.3) is 11.6 Å². The van der Waals surface area contributed by atoms with Crippen molar-refractivity contribution in [3.05, 3.63) is 141 Å². The maximum atomic E-state index is 14.3. The Morgan fingerprint density at radius 1 is 0.854 bits per heavy atom. The van der Waals surface area contributed by atoms with Crippen molar-refractivity contribution >= 4 is 35.3 Å². The van der Waals surface area contributed by atoms with E-state index in [0.717, 1.165) is 22.3 Å². The van der Waals surface area contributed by atoms with Gasteiger partial charge in [-0.05, 0) is 40.5 Å². The number of imide groups is 1. The van der Waals surface area contributed by atoms with Gasteiger partial charge in [0.2, 0.25) is 11.8 Å². The van der Waals surface area contributed by atoms with Crippen LogP contribution in [-0.4, -0.2) is 28.9 Å². The summed E-state index contributed by atoms with van der Waals surface area (Å²) >= 11 is 0. The topological polar surface area (TPSA) is 122 Å². The third-order valence-electron chi connectivity index (χ3n) is 8.45. The molecule has 3 amide bonds. The molecule has 4 aliphatic rings. The SMILES string of the molecule is O=C(N/N=C\C12c3ccccc3C(c3ccccc31)[C@H]1C(=O)N(c3ccccc3)C(=O)[C@@H]12)c1cccc([N+](=O)[O-])c1. The summed E-state index contributed by atoms with van der Waals surface area (Å²) in [5.74, 6) is -2.99. The van der Waals surface area contributed by atoms with Gasteiger partial charge in [-0.3, -0.25) is 24.5 Å². The molecule has 1 fully saturated rings. The lowest BCUT2D eigenvalue weighted by Crippen LogP contribution is -2.54. The van der Waals surface area contributed by atoms with E-state index in [4.69, 9.17) is 0 Å². The lowest BCUT2D eigenvalue weighted by molar-refractivity contribution is -0.384. The number of hydrogen-bond donors (Lipinski definition) is 1. The first kappa shape index (κ1) is 24.6. The molecule has 1 saturated heterocycles. The van der Waals surface area contributed by atoms with Crippen LogP contribution < -0.4 is 10.3 Å². The van der Waals surface area contributed by atoms with Crippen LogP contribution in [0.2, 0.25) is 0 Å². The fraction of sp³-hybridized carbons (Fsp3) is 0.125. The number of amides is 3. The van der Waals surface area contributed by atoms with Crippen molar-refractivity contribution in [2.75, 3.05) is 4.90 Å². The van der Waals surface area contributed by atoms with Crippen LogP contribution in [0.3, 0.4) is 0 Å². The number of nitro groups is 1. The molecule has 0 aromatic heterocycles. The number of non-ortho nitro benzene ring substituents is 1. The second-order valence-electron chi connectivity index (χ2n) is 10.4. The molecule has 2 atom stereocenters. The molecule has 4 aromatic rings. The molecule has 3 aliphatic carbocycles. The highest BCUT2D eigenvalue weighted by atomic mass is 16.6. The Morgan fingerprint density at radius 3 is 2.15 bits per heavy atom. The number of nitrogens with one attached hydrogen (secondary N) is 1. The van der Waals surface area contributed by atoms with Gasteiger partial charge in [-0.15, -0.1) is 0 Å². The lowest BCUT2D eigenvalue weighted by atomic mass is 9.47. The maximum Gasteiger partial charge on any atom is 0.271 e. The van der Waals surface area contributed by atoms with Crippen LogP contribution in [0.4, 0.5) is 11.4 Å². The van der Waals surface area contributed by atoms with Gasteiger partial charge in [0.05, 0.1) is 27.9 Å². The van der Waals surface area contributed by atoms with E-state index in [2.05, 4.69) is 10.5 Å². The lowest BCUT2D eigenvalue weighted by Gasteiger charge is -2.52. The smallest absolute Gasteiger partial charge is 0.271 e. The summed E-state index contributed by atoms with van der Waals surface area (Å²) in [6.45, 7) is 0. The molecule has 1 heterocycles. The Labute approximate surface area is 234 Å². The molecule has 8 rings (SSSR count). The number of nitro benzene ring substituents is 1. The van der Waals surface area contributed by atoms with Crippen molar-refractivity contribution in [3.8, 4) is 0 Å². The van der Waals surface area contributed by atoms with Crippen molar-refractivity contribution in [1.29, 1.82) is 0 Å². The second kappa shape index (κ2) is 9.06. The fourth-order valence-corrected chi connectivity index (χ4v) is 6.90. The van der Waals surface area contributed by atoms with Crippen LogP contribution in [0, 0.1) is 22.0 Å². The first-order valence-corrected chi connectivity index (χ1v) is 13.1. The van der Waals surface area contributed by atoms with Crippen molar-refractivity contribution in [1.82, 2.24) is 5.43 Å². The van der Waals surface area contributed by atoms with Crippen LogP contribution in [0.1, 0.15) is 38.5 Å². The van der Waals surface area contributed by atoms with E-state index in [-0.39, 0.29) is 29.0 Å². The summed E-state index contributed by atoms with van der Waals surface area (Å²) in [4.78, 5) is 53.2. The molecule has 4 aromatic carbocycles. The standard InChI is InChI=1S/C32H22N4O5/c37-29(19-9-8-12-21(17-19)36(40)41)34-33-18-32-24-15-6-4-13-22(24)26(23-14-5-7-16-25(23)32)27-28(32)31(39)35(30(27)38)20-10-2-1-3-11-20/h1-18,26-28H,(H,34,37)/b33-18-/t26?,27-,28-,32?/m1/s1. The minimum Gasteiger partial charge on any atom is -0.274 e. The van der Waals surface area contributed by atoms with Gasteiger partial charge in [-0.2, -0.15) is 5.10 Å². The van der Waals surface area contributed by atoms with Gasteiger partial charge in [0.1, 0.15) is 0 Å². The van der Waals surface area contributed by atoms with Gasteiger partial charge in [0, 0.05) is 29.8 Å². The number of nitrogens with zero attached hydrogens (tertiary/aromatic N) is 3. The number of hydrazone groups is 1. The highest BCUT2D eigenvalue weighted by molar-refractivity contribution is 6.25. The van der Waals surface area contributed by atoms with E-state index in [1.165, 1.54) is 29.2 Å². The summed E-state index contributed by atoms with van der Waals surface area (Å²) in [7, 11) is 0. The van der Waals surface area contributed by atoms with E-state index >= 15 is 0 Å². The molecular formula is C32H22N4O5. The van der Waals surface area contributed by atoms with Crippen LogP contribution >= 0.6 is 0 Å². The van der Waals surface area contributed by atoms with Crippen LogP contribution in [0.5, 0.6) is 0 Å². The van der Waals surface area contributed by atoms with Gasteiger partial charge < -0.3 is 0 Å². The fourth-order valence-electron chi connectivity index (χ4n) is 6.90. The van der Waals surface area contributed by atoms with Crippen molar-refractivity contribution in [3.63, 3.8) is 0 Å². The zero-order valence-electron chi connectivity index (χ0n) is 21.5. The summed E-state index contributed by atoms with van der Waals surface area (Å²) in [6, 6.07) is 29.8. The zero-order chi connectivity index (χ0) is 28.3. The number of anilines is 1. The Hall–Kier alpha value is -5.44. The molecule has 41 heavy (non-hydrogen) atoms.